The van der Waals surface area contributed by atoms with Crippen LogP contribution in [0.15, 0.2) is 53.9 Å². The molecule has 8 nitrogen and oxygen atoms in total. The fraction of sp³-hybridized carbons (Fsp3) is 0.250. The van der Waals surface area contributed by atoms with Gasteiger partial charge in [0.1, 0.15) is 28.9 Å². The van der Waals surface area contributed by atoms with Crippen LogP contribution >= 0.6 is 0 Å². The molecule has 3 aromatic rings. The summed E-state index contributed by atoms with van der Waals surface area (Å²) < 4.78 is 22.3. The summed E-state index contributed by atoms with van der Waals surface area (Å²) in [5.74, 6) is 1.81. The molecule has 2 aromatic carbocycles. The van der Waals surface area contributed by atoms with E-state index >= 15 is 0 Å². The van der Waals surface area contributed by atoms with Crippen LogP contribution in [0.1, 0.15) is 30.4 Å². The number of fused-ring (bicyclic) bond motifs is 1. The molecule has 1 aliphatic rings. The second-order valence-electron chi connectivity index (χ2n) is 7.22. The number of aromatic nitrogens is 2. The maximum absolute atomic E-state index is 9.92. The largest absolute Gasteiger partial charge is 0.497 e. The van der Waals surface area contributed by atoms with Crippen LogP contribution in [0.5, 0.6) is 23.1 Å². The summed E-state index contributed by atoms with van der Waals surface area (Å²) >= 11 is 0. The lowest BCUT2D eigenvalue weighted by Gasteiger charge is -2.25. The van der Waals surface area contributed by atoms with E-state index in [-0.39, 0.29) is 11.5 Å². The Balaban J connectivity index is 1.85. The number of rotatable bonds is 7. The average Bonchev–Trinajstić information content (AvgIpc) is 3.25. The van der Waals surface area contributed by atoms with Crippen molar-refractivity contribution in [2.45, 2.75) is 19.3 Å². The van der Waals surface area contributed by atoms with E-state index in [9.17, 15) is 5.26 Å². The highest BCUT2D eigenvalue weighted by Crippen LogP contribution is 2.48. The molecular formula is C24H24N4O4. The molecule has 32 heavy (non-hydrogen) atoms. The van der Waals surface area contributed by atoms with Crippen molar-refractivity contribution in [3.63, 3.8) is 0 Å². The van der Waals surface area contributed by atoms with Gasteiger partial charge in [0.15, 0.2) is 0 Å². The van der Waals surface area contributed by atoms with Gasteiger partial charge in [0, 0.05) is 17.2 Å². The van der Waals surface area contributed by atoms with E-state index in [4.69, 9.17) is 24.7 Å². The van der Waals surface area contributed by atoms with Gasteiger partial charge >= 0.3 is 0 Å². The Morgan fingerprint density at radius 1 is 1.12 bits per heavy atom. The molecule has 4 rings (SSSR count). The van der Waals surface area contributed by atoms with Crippen molar-refractivity contribution in [2.75, 3.05) is 20.8 Å². The van der Waals surface area contributed by atoms with Gasteiger partial charge in [-0.15, -0.1) is 5.10 Å². The summed E-state index contributed by atoms with van der Waals surface area (Å²) in [7, 11) is 3.16. The molecule has 1 aliphatic heterocycles. The molecule has 0 bridgehead atoms. The molecule has 0 saturated carbocycles. The number of benzene rings is 2. The number of nitriles is 1. The lowest BCUT2D eigenvalue weighted by Crippen LogP contribution is -2.21. The number of aromatic amines is 1. The number of methoxy groups -OCH3 is 2. The van der Waals surface area contributed by atoms with E-state index in [2.05, 4.69) is 23.2 Å². The topological polar surface area (TPSA) is 115 Å². The molecule has 8 heteroatoms. The maximum Gasteiger partial charge on any atom is 0.244 e. The summed E-state index contributed by atoms with van der Waals surface area (Å²) in [6, 6.07) is 15.3. The quantitative estimate of drug-likeness (QED) is 0.577. The van der Waals surface area contributed by atoms with E-state index in [1.807, 2.05) is 36.4 Å². The molecule has 0 aliphatic carbocycles. The van der Waals surface area contributed by atoms with Crippen molar-refractivity contribution >= 4 is 0 Å². The van der Waals surface area contributed by atoms with Crippen LogP contribution < -0.4 is 24.7 Å². The minimum absolute atomic E-state index is 0.0178. The van der Waals surface area contributed by atoms with E-state index in [0.717, 1.165) is 29.0 Å². The van der Waals surface area contributed by atoms with E-state index < -0.39 is 5.92 Å². The van der Waals surface area contributed by atoms with Gasteiger partial charge in [0.2, 0.25) is 11.8 Å². The Morgan fingerprint density at radius 2 is 1.88 bits per heavy atom. The third-order valence-electron chi connectivity index (χ3n) is 5.31. The molecule has 0 fully saturated rings. The van der Waals surface area contributed by atoms with Crippen LogP contribution in [-0.2, 0) is 0 Å². The van der Waals surface area contributed by atoms with Crippen molar-refractivity contribution in [1.29, 1.82) is 5.26 Å². The van der Waals surface area contributed by atoms with Gasteiger partial charge in [0.05, 0.1) is 38.0 Å². The number of nitrogens with one attached hydrogen (secondary N) is 1. The molecule has 1 aromatic heterocycles. The van der Waals surface area contributed by atoms with E-state index in [1.54, 1.807) is 20.3 Å². The van der Waals surface area contributed by atoms with Crippen LogP contribution in [0, 0.1) is 11.3 Å². The summed E-state index contributed by atoms with van der Waals surface area (Å²) in [6.45, 7) is 2.71. The Hall–Kier alpha value is -4.12. The molecule has 3 N–H and O–H groups in total. The molecule has 1 atom stereocenters. The SMILES string of the molecule is CCCOc1ccc(-c2[nH]nc3c2C(c2ccc(OC)cc2OC)C(C#N)=C(N)O3)cc1. The molecule has 0 amide bonds. The van der Waals surface area contributed by atoms with Gasteiger partial charge < -0.3 is 24.7 Å². The average molecular weight is 432 g/mol. The standard InChI is InChI=1S/C24H24N4O4/c1-4-11-31-15-7-5-14(6-8-15)22-21-20(17-10-9-16(29-2)12-19(17)30-3)18(13-25)23(26)32-24(21)28-27-22/h5-10,12,20H,4,11,26H2,1-3H3,(H,27,28). The second kappa shape index (κ2) is 8.94. The first-order chi connectivity index (χ1) is 15.6. The fourth-order valence-corrected chi connectivity index (χ4v) is 3.77. The Kier molecular flexibility index (Phi) is 5.90. The van der Waals surface area contributed by atoms with Crippen LogP contribution in [0.2, 0.25) is 0 Å². The van der Waals surface area contributed by atoms with Crippen LogP contribution in [0.4, 0.5) is 0 Å². The zero-order chi connectivity index (χ0) is 22.7. The van der Waals surface area contributed by atoms with E-state index in [1.165, 1.54) is 0 Å². The Bertz CT molecular complexity index is 1190. The maximum atomic E-state index is 9.92. The third kappa shape index (κ3) is 3.69. The van der Waals surface area contributed by atoms with Gasteiger partial charge in [-0.2, -0.15) is 5.26 Å². The summed E-state index contributed by atoms with van der Waals surface area (Å²) in [5, 5.41) is 17.3. The monoisotopic (exact) mass is 432 g/mol. The van der Waals surface area contributed by atoms with Gasteiger partial charge in [0.25, 0.3) is 0 Å². The number of allylic oxidation sites excluding steroid dienone is 1. The number of ether oxygens (including phenoxy) is 4. The summed E-state index contributed by atoms with van der Waals surface area (Å²) in [6.07, 6.45) is 0.934. The van der Waals surface area contributed by atoms with E-state index in [0.29, 0.717) is 29.5 Å². The highest BCUT2D eigenvalue weighted by atomic mass is 16.5. The van der Waals surface area contributed by atoms with Crippen molar-refractivity contribution < 1.29 is 18.9 Å². The number of nitrogens with zero attached hydrogens (tertiary/aromatic N) is 2. The van der Waals surface area contributed by atoms with Crippen molar-refractivity contribution in [3.05, 3.63) is 65.0 Å². The van der Waals surface area contributed by atoms with Gasteiger partial charge in [-0.25, -0.2) is 0 Å². The molecule has 0 saturated heterocycles. The molecule has 1 unspecified atom stereocenters. The predicted molar refractivity (Wildman–Crippen MR) is 119 cm³/mol. The lowest BCUT2D eigenvalue weighted by atomic mass is 9.82. The molecule has 0 radical (unpaired) electrons. The minimum Gasteiger partial charge on any atom is -0.497 e. The Labute approximate surface area is 186 Å². The zero-order valence-electron chi connectivity index (χ0n) is 18.1. The number of H-pyrrole nitrogens is 1. The number of hydrogen-bond acceptors (Lipinski definition) is 7. The van der Waals surface area contributed by atoms with Crippen LogP contribution in [0.3, 0.4) is 0 Å². The fourth-order valence-electron chi connectivity index (χ4n) is 3.77. The third-order valence-corrected chi connectivity index (χ3v) is 5.31. The lowest BCUT2D eigenvalue weighted by molar-refractivity contribution is 0.317. The number of nitrogens with two attached hydrogens (primary N) is 1. The predicted octanol–water partition coefficient (Wildman–Crippen LogP) is 4.10. The molecular weight excluding hydrogens is 408 g/mol. The highest BCUT2D eigenvalue weighted by molar-refractivity contribution is 5.72. The molecule has 164 valence electrons. The first kappa shape index (κ1) is 21.1. The smallest absolute Gasteiger partial charge is 0.244 e. The first-order valence-corrected chi connectivity index (χ1v) is 10.2. The van der Waals surface area contributed by atoms with Gasteiger partial charge in [-0.3, -0.25) is 5.10 Å². The van der Waals surface area contributed by atoms with Crippen molar-refractivity contribution in [1.82, 2.24) is 10.2 Å². The Morgan fingerprint density at radius 3 is 2.53 bits per heavy atom. The van der Waals surface area contributed by atoms with Crippen molar-refractivity contribution in [2.24, 2.45) is 5.73 Å². The normalized spacial score (nSPS) is 14.9. The minimum atomic E-state index is -0.533. The highest BCUT2D eigenvalue weighted by Gasteiger charge is 2.37. The summed E-state index contributed by atoms with van der Waals surface area (Å²) in [4.78, 5) is 0. The molecule has 0 spiro atoms. The first-order valence-electron chi connectivity index (χ1n) is 10.2. The van der Waals surface area contributed by atoms with Crippen LogP contribution in [-0.4, -0.2) is 31.0 Å². The van der Waals surface area contributed by atoms with Gasteiger partial charge in [-0.05, 0) is 36.8 Å². The van der Waals surface area contributed by atoms with Gasteiger partial charge in [-0.1, -0.05) is 13.0 Å². The second-order valence-corrected chi connectivity index (χ2v) is 7.22. The summed E-state index contributed by atoms with van der Waals surface area (Å²) in [5.41, 5.74) is 9.44. The van der Waals surface area contributed by atoms with Crippen LogP contribution in [0.25, 0.3) is 11.3 Å². The van der Waals surface area contributed by atoms with Crippen molar-refractivity contribution in [3.8, 4) is 40.5 Å². The zero-order valence-corrected chi connectivity index (χ0v) is 18.1. The number of hydrogen-bond donors (Lipinski definition) is 2. The molecule has 2 heterocycles.